The fourth-order valence-electron chi connectivity index (χ4n) is 6.89. The number of anilines is 1. The Morgan fingerprint density at radius 1 is 1.15 bits per heavy atom. The third-order valence-electron chi connectivity index (χ3n) is 8.71. The molecule has 2 aromatic rings. The summed E-state index contributed by atoms with van der Waals surface area (Å²) >= 11 is 0. The van der Waals surface area contributed by atoms with Gasteiger partial charge < -0.3 is 20.8 Å². The minimum Gasteiger partial charge on any atom is -0.507 e. The molecule has 0 saturated heterocycles. The van der Waals surface area contributed by atoms with E-state index in [9.17, 15) is 34.2 Å². The lowest BCUT2D eigenvalue weighted by atomic mass is 9.52. The molecule has 0 spiro atoms. The molecule has 0 aliphatic heterocycles. The number of likely N-dealkylation sites (N-methyl/N-ethyl adjacent to an activating group) is 1. The number of nitriles is 1. The van der Waals surface area contributed by atoms with Gasteiger partial charge in [-0.3, -0.25) is 28.9 Å². The van der Waals surface area contributed by atoms with Crippen molar-refractivity contribution in [3.8, 4) is 22.9 Å². The van der Waals surface area contributed by atoms with Crippen LogP contribution in [0, 0.1) is 35.0 Å². The summed E-state index contributed by atoms with van der Waals surface area (Å²) in [7, 11) is 6.60. The number of aromatic hydroxyl groups is 1. The second kappa shape index (κ2) is 9.57. The van der Waals surface area contributed by atoms with Crippen molar-refractivity contribution in [2.45, 2.75) is 24.5 Å². The van der Waals surface area contributed by atoms with E-state index in [1.54, 1.807) is 31.1 Å². The molecule has 41 heavy (non-hydrogen) atoms. The highest BCUT2D eigenvalue weighted by molar-refractivity contribution is 6.32. The number of benzene rings is 1. The average Bonchev–Trinajstić information content (AvgIpc) is 2.90. The van der Waals surface area contributed by atoms with E-state index in [0.29, 0.717) is 16.8 Å². The molecule has 2 fully saturated rings. The molecular weight excluding hydrogens is 530 g/mol. The van der Waals surface area contributed by atoms with Gasteiger partial charge >= 0.3 is 0 Å². The molecule has 1 aromatic carbocycles. The highest BCUT2D eigenvalue weighted by Gasteiger charge is 2.69. The number of carbonyl (C=O) groups is 5. The van der Waals surface area contributed by atoms with Gasteiger partial charge in [0, 0.05) is 43.0 Å². The number of rotatable bonds is 4. The van der Waals surface area contributed by atoms with Crippen molar-refractivity contribution in [3.05, 3.63) is 41.2 Å². The molecule has 1 amide bonds. The number of primary amides is 1. The zero-order chi connectivity index (χ0) is 30.1. The molecule has 6 atom stereocenters. The minimum absolute atomic E-state index is 0.0289. The monoisotopic (exact) mass is 559 g/mol. The molecule has 2 saturated carbocycles. The van der Waals surface area contributed by atoms with Gasteiger partial charge in [0.1, 0.15) is 17.5 Å². The second-order valence-electron chi connectivity index (χ2n) is 11.4. The molecule has 0 bridgehead atoms. The average molecular weight is 560 g/mol. The maximum Gasteiger partial charge on any atom is 0.235 e. The van der Waals surface area contributed by atoms with E-state index >= 15 is 0 Å². The summed E-state index contributed by atoms with van der Waals surface area (Å²) < 4.78 is 0. The number of phenols is 1. The van der Waals surface area contributed by atoms with Gasteiger partial charge in [-0.25, -0.2) is 4.98 Å². The molecule has 212 valence electrons. The molecule has 3 aliphatic carbocycles. The highest BCUT2D eigenvalue weighted by Crippen LogP contribution is 2.53. The van der Waals surface area contributed by atoms with Gasteiger partial charge in [0.05, 0.1) is 17.5 Å². The Hall–Kier alpha value is -4.47. The Morgan fingerprint density at radius 2 is 1.83 bits per heavy atom. The molecule has 5 rings (SSSR count). The number of hydrogen-bond donors (Lipinski definition) is 3. The first-order chi connectivity index (χ1) is 19.2. The number of nitrogens with two attached hydrogens (primary N) is 1. The Balaban J connectivity index is 1.68. The molecule has 12 heteroatoms. The van der Waals surface area contributed by atoms with Crippen LogP contribution in [0.3, 0.4) is 0 Å². The predicted octanol–water partition coefficient (Wildman–Crippen LogP) is -0.133. The van der Waals surface area contributed by atoms with E-state index < -0.39 is 70.1 Å². The van der Waals surface area contributed by atoms with Crippen molar-refractivity contribution < 1.29 is 34.2 Å². The number of carbonyl (C=O) groups excluding carboxylic acids is 5. The summed E-state index contributed by atoms with van der Waals surface area (Å²) in [6, 6.07) is 5.49. The SMILES string of the molecule is CN(C)c1cc(-c2ccc(C#N)nc2)c(O)c2c1C[C@H]1C[C@H]3[C@H](N(C)C)C(=O)C(C(N)=O)C(=O)[C@@]3(O)C(=O)C1C2=O. The van der Waals surface area contributed by atoms with Crippen molar-refractivity contribution in [2.75, 3.05) is 33.1 Å². The van der Waals surface area contributed by atoms with Crippen LogP contribution in [0.15, 0.2) is 24.4 Å². The minimum atomic E-state index is -2.79. The first kappa shape index (κ1) is 28.1. The van der Waals surface area contributed by atoms with Gasteiger partial charge in [-0.15, -0.1) is 0 Å². The number of Topliss-reactive ketones (excluding diaryl/α,β-unsaturated/α-hetero) is 4. The van der Waals surface area contributed by atoms with Crippen LogP contribution in [0.1, 0.15) is 28.0 Å². The molecule has 12 nitrogen and oxygen atoms in total. The first-order valence-electron chi connectivity index (χ1n) is 13.0. The van der Waals surface area contributed by atoms with E-state index in [1.807, 2.05) is 6.07 Å². The lowest BCUT2D eigenvalue weighted by Gasteiger charge is -2.52. The van der Waals surface area contributed by atoms with E-state index in [1.165, 1.54) is 31.3 Å². The number of ketones is 4. The Labute approximate surface area is 235 Å². The second-order valence-corrected chi connectivity index (χ2v) is 11.4. The standard InChI is InChI=1S/C29H29N5O7/c1-33(2)18-9-15(12-5-6-14(10-30)32-11-12)23(35)20-16(18)7-13-8-17-22(34(3)4)25(37)21(28(31)40)27(39)29(17,41)26(38)19(13)24(20)36/h5-6,9,11,13,17,19,21-22,35,41H,7-8H2,1-4H3,(H2,31,40)/t13-,17-,19?,21?,22-,29-/m0/s1. The molecule has 2 unspecified atom stereocenters. The number of phenolic OH excluding ortho intramolecular Hbond substituents is 1. The highest BCUT2D eigenvalue weighted by atomic mass is 16.3. The third kappa shape index (κ3) is 3.88. The topological polar surface area (TPSA) is 195 Å². The molecule has 3 aliphatic rings. The number of fused-ring (bicyclic) bond motifs is 3. The predicted molar refractivity (Wildman–Crippen MR) is 144 cm³/mol. The van der Waals surface area contributed by atoms with Crippen LogP contribution in [0.25, 0.3) is 11.1 Å². The maximum absolute atomic E-state index is 14.1. The lowest BCUT2D eigenvalue weighted by molar-refractivity contribution is -0.181. The van der Waals surface area contributed by atoms with Gasteiger partial charge in [-0.05, 0) is 56.6 Å². The fourth-order valence-corrected chi connectivity index (χ4v) is 6.89. The summed E-state index contributed by atoms with van der Waals surface area (Å²) in [4.78, 5) is 74.2. The number of amides is 1. The molecule has 1 aromatic heterocycles. The van der Waals surface area contributed by atoms with Gasteiger partial charge in [-0.2, -0.15) is 5.26 Å². The molecular formula is C29H29N5O7. The zero-order valence-electron chi connectivity index (χ0n) is 22.9. The molecule has 4 N–H and O–H groups in total. The number of hydrogen-bond acceptors (Lipinski definition) is 11. The van der Waals surface area contributed by atoms with Crippen LogP contribution < -0.4 is 10.6 Å². The fraction of sp³-hybridized carbons (Fsp3) is 0.414. The summed E-state index contributed by atoms with van der Waals surface area (Å²) in [5.74, 6) is -11.0. The number of aliphatic hydroxyl groups is 1. The largest absolute Gasteiger partial charge is 0.507 e. The summed E-state index contributed by atoms with van der Waals surface area (Å²) in [5.41, 5.74) is 4.40. The zero-order valence-corrected chi connectivity index (χ0v) is 22.9. The van der Waals surface area contributed by atoms with Crippen LogP contribution in [0.4, 0.5) is 5.69 Å². The number of aromatic nitrogens is 1. The summed E-state index contributed by atoms with van der Waals surface area (Å²) in [6.07, 6.45) is 1.51. The van der Waals surface area contributed by atoms with Gasteiger partial charge in [0.2, 0.25) is 5.91 Å². The maximum atomic E-state index is 14.1. The van der Waals surface area contributed by atoms with E-state index in [2.05, 4.69) is 4.98 Å². The van der Waals surface area contributed by atoms with Crippen molar-refractivity contribution in [1.82, 2.24) is 9.88 Å². The number of pyridine rings is 1. The lowest BCUT2D eigenvalue weighted by Crippen LogP contribution is -2.74. The van der Waals surface area contributed by atoms with Crippen LogP contribution in [-0.2, 0) is 25.6 Å². The Bertz CT molecular complexity index is 1580. The van der Waals surface area contributed by atoms with Crippen molar-refractivity contribution >= 4 is 34.7 Å². The van der Waals surface area contributed by atoms with E-state index in [-0.39, 0.29) is 29.7 Å². The van der Waals surface area contributed by atoms with Crippen molar-refractivity contribution in [2.24, 2.45) is 29.4 Å². The Kier molecular flexibility index (Phi) is 6.55. The smallest absolute Gasteiger partial charge is 0.235 e. The van der Waals surface area contributed by atoms with Gasteiger partial charge in [-0.1, -0.05) is 0 Å². The molecule has 1 heterocycles. The Morgan fingerprint density at radius 3 is 2.37 bits per heavy atom. The molecule has 0 radical (unpaired) electrons. The number of nitrogens with zero attached hydrogens (tertiary/aromatic N) is 4. The van der Waals surface area contributed by atoms with Crippen LogP contribution in [0.5, 0.6) is 5.75 Å². The van der Waals surface area contributed by atoms with Crippen LogP contribution in [0.2, 0.25) is 0 Å². The van der Waals surface area contributed by atoms with Gasteiger partial charge in [0.25, 0.3) is 0 Å². The third-order valence-corrected chi connectivity index (χ3v) is 8.71. The first-order valence-corrected chi connectivity index (χ1v) is 13.0. The quantitative estimate of drug-likeness (QED) is 0.422. The van der Waals surface area contributed by atoms with Crippen molar-refractivity contribution in [1.29, 1.82) is 5.26 Å². The normalized spacial score (nSPS) is 29.0. The summed E-state index contributed by atoms with van der Waals surface area (Å²) in [6.45, 7) is 0. The van der Waals surface area contributed by atoms with E-state index in [0.717, 1.165) is 0 Å². The van der Waals surface area contributed by atoms with E-state index in [4.69, 9.17) is 11.0 Å². The summed E-state index contributed by atoms with van der Waals surface area (Å²) in [5, 5.41) is 32.2. The van der Waals surface area contributed by atoms with Crippen molar-refractivity contribution in [3.63, 3.8) is 0 Å². The van der Waals surface area contributed by atoms with Crippen LogP contribution in [-0.4, -0.2) is 89.0 Å². The van der Waals surface area contributed by atoms with Gasteiger partial charge in [0.15, 0.2) is 34.7 Å². The van der Waals surface area contributed by atoms with Crippen LogP contribution >= 0.6 is 0 Å².